The maximum atomic E-state index is 13.7. The fraction of sp³-hybridized carbons (Fsp3) is 0.364. The molecule has 0 aliphatic carbocycles. The molecule has 0 fully saturated rings. The SMILES string of the molecule is CCN(CC)S(=O)(=O)c1ccc(C)c(C(=O)OC(C)c2nc3ccccc3n2C(F)F)c1. The molecule has 3 rings (SSSR count). The molecule has 3 aromatic rings. The van der Waals surface area contributed by atoms with E-state index in [0.717, 1.165) is 4.57 Å². The van der Waals surface area contributed by atoms with Crippen molar-refractivity contribution >= 4 is 27.0 Å². The number of imidazole rings is 1. The molecule has 0 aliphatic heterocycles. The summed E-state index contributed by atoms with van der Waals surface area (Å²) in [7, 11) is -3.78. The number of carbonyl (C=O) groups is 1. The minimum atomic E-state index is -3.78. The summed E-state index contributed by atoms with van der Waals surface area (Å²) in [5.41, 5.74) is 1.13. The first-order chi connectivity index (χ1) is 15.1. The zero-order chi connectivity index (χ0) is 23.6. The second-order valence-electron chi connectivity index (χ2n) is 7.22. The number of sulfonamides is 1. The Morgan fingerprint density at radius 1 is 1.16 bits per heavy atom. The van der Waals surface area contributed by atoms with Gasteiger partial charge in [-0.1, -0.05) is 32.0 Å². The molecule has 1 atom stereocenters. The number of hydrogen-bond donors (Lipinski definition) is 0. The van der Waals surface area contributed by atoms with Crippen molar-refractivity contribution in [1.82, 2.24) is 13.9 Å². The van der Waals surface area contributed by atoms with Gasteiger partial charge in [-0.15, -0.1) is 0 Å². The Labute approximate surface area is 185 Å². The van der Waals surface area contributed by atoms with Crippen LogP contribution in [0.2, 0.25) is 0 Å². The lowest BCUT2D eigenvalue weighted by molar-refractivity contribution is 0.0232. The van der Waals surface area contributed by atoms with Crippen molar-refractivity contribution in [2.75, 3.05) is 13.1 Å². The van der Waals surface area contributed by atoms with Crippen molar-refractivity contribution in [2.24, 2.45) is 0 Å². The molecule has 2 aromatic carbocycles. The van der Waals surface area contributed by atoms with Crippen LogP contribution in [0.3, 0.4) is 0 Å². The van der Waals surface area contributed by atoms with Gasteiger partial charge in [-0.3, -0.25) is 4.57 Å². The largest absolute Gasteiger partial charge is 0.451 e. The van der Waals surface area contributed by atoms with E-state index in [0.29, 0.717) is 11.1 Å². The van der Waals surface area contributed by atoms with Crippen LogP contribution in [-0.2, 0) is 14.8 Å². The van der Waals surface area contributed by atoms with Crippen molar-refractivity contribution in [2.45, 2.75) is 45.2 Å². The van der Waals surface area contributed by atoms with Crippen LogP contribution in [-0.4, -0.2) is 41.3 Å². The number of benzene rings is 2. The Bertz CT molecular complexity index is 1240. The third-order valence-electron chi connectivity index (χ3n) is 5.24. The molecule has 1 aromatic heterocycles. The van der Waals surface area contributed by atoms with Crippen molar-refractivity contribution in [1.29, 1.82) is 0 Å². The Kier molecular flexibility index (Phi) is 6.94. The summed E-state index contributed by atoms with van der Waals surface area (Å²) in [4.78, 5) is 17.1. The van der Waals surface area contributed by atoms with Crippen molar-refractivity contribution in [3.05, 3.63) is 59.4 Å². The van der Waals surface area contributed by atoms with E-state index in [9.17, 15) is 22.0 Å². The molecule has 1 unspecified atom stereocenters. The van der Waals surface area contributed by atoms with Crippen molar-refractivity contribution in [3.63, 3.8) is 0 Å². The van der Waals surface area contributed by atoms with Crippen LogP contribution in [0.1, 0.15) is 55.2 Å². The van der Waals surface area contributed by atoms with Crippen molar-refractivity contribution < 1.29 is 26.7 Å². The van der Waals surface area contributed by atoms with Gasteiger partial charge in [0, 0.05) is 13.1 Å². The zero-order valence-electron chi connectivity index (χ0n) is 18.2. The maximum Gasteiger partial charge on any atom is 0.339 e. The Morgan fingerprint density at radius 2 is 1.81 bits per heavy atom. The number of alkyl halides is 2. The number of aromatic nitrogens is 2. The molecule has 0 radical (unpaired) electrons. The van der Waals surface area contributed by atoms with Gasteiger partial charge in [0.1, 0.15) is 0 Å². The van der Waals surface area contributed by atoms with E-state index in [1.807, 2.05) is 0 Å². The van der Waals surface area contributed by atoms with Gasteiger partial charge in [-0.2, -0.15) is 13.1 Å². The van der Waals surface area contributed by atoms with Crippen LogP contribution < -0.4 is 0 Å². The molecule has 0 bridgehead atoms. The average Bonchev–Trinajstić information content (AvgIpc) is 3.14. The standard InChI is InChI=1S/C22H25F2N3O4S/c1-5-26(6-2)32(29,30)16-12-11-14(3)17(13-16)21(28)31-15(4)20-25-18-9-7-8-10-19(18)27(20)22(23)24/h7-13,15,22H,5-6H2,1-4H3. The van der Waals surface area contributed by atoms with E-state index >= 15 is 0 Å². The molecule has 172 valence electrons. The summed E-state index contributed by atoms with van der Waals surface area (Å²) in [6, 6.07) is 10.6. The third kappa shape index (κ3) is 4.37. The quantitative estimate of drug-likeness (QED) is 0.451. The number of aryl methyl sites for hydroxylation is 1. The molecule has 1 heterocycles. The number of fused-ring (bicyclic) bond motifs is 1. The van der Waals surface area contributed by atoms with Crippen molar-refractivity contribution in [3.8, 4) is 0 Å². The average molecular weight is 466 g/mol. The summed E-state index contributed by atoms with van der Waals surface area (Å²) in [6.45, 7) is 4.24. The molecular formula is C22H25F2N3O4S. The predicted octanol–water partition coefficient (Wildman–Crippen LogP) is 4.69. The van der Waals surface area contributed by atoms with Crippen LogP contribution >= 0.6 is 0 Å². The Balaban J connectivity index is 1.94. The fourth-order valence-electron chi connectivity index (χ4n) is 3.53. The van der Waals surface area contributed by atoms with Gasteiger partial charge in [-0.25, -0.2) is 18.2 Å². The summed E-state index contributed by atoms with van der Waals surface area (Å²) in [5, 5.41) is 0. The molecule has 10 heteroatoms. The van der Waals surface area contributed by atoms with E-state index in [1.54, 1.807) is 39.0 Å². The predicted molar refractivity (Wildman–Crippen MR) is 116 cm³/mol. The third-order valence-corrected chi connectivity index (χ3v) is 7.28. The van der Waals surface area contributed by atoms with Crippen LogP contribution in [0.5, 0.6) is 0 Å². The van der Waals surface area contributed by atoms with E-state index in [4.69, 9.17) is 4.74 Å². The number of rotatable bonds is 8. The van der Waals surface area contributed by atoms with E-state index in [2.05, 4.69) is 4.98 Å². The minimum Gasteiger partial charge on any atom is -0.451 e. The number of nitrogens with zero attached hydrogens (tertiary/aromatic N) is 3. The fourth-order valence-corrected chi connectivity index (χ4v) is 5.01. The van der Waals surface area contributed by atoms with Gasteiger partial charge < -0.3 is 4.74 Å². The highest BCUT2D eigenvalue weighted by Gasteiger charge is 2.27. The first kappa shape index (κ1) is 23.8. The van der Waals surface area contributed by atoms with E-state index < -0.39 is 28.6 Å². The molecule has 0 saturated carbocycles. The second-order valence-corrected chi connectivity index (χ2v) is 9.16. The van der Waals surface area contributed by atoms with Gasteiger partial charge in [0.15, 0.2) is 11.9 Å². The highest BCUT2D eigenvalue weighted by atomic mass is 32.2. The first-order valence-corrected chi connectivity index (χ1v) is 11.6. The molecule has 0 spiro atoms. The lowest BCUT2D eigenvalue weighted by Gasteiger charge is -2.20. The van der Waals surface area contributed by atoms with E-state index in [-0.39, 0.29) is 34.9 Å². The summed E-state index contributed by atoms with van der Waals surface area (Å²) in [6.07, 6.45) is -1.09. The molecular weight excluding hydrogens is 440 g/mol. The Morgan fingerprint density at radius 3 is 2.44 bits per heavy atom. The molecule has 7 nitrogen and oxygen atoms in total. The van der Waals surface area contributed by atoms with Gasteiger partial charge in [0.25, 0.3) is 0 Å². The lowest BCUT2D eigenvalue weighted by atomic mass is 10.1. The van der Waals surface area contributed by atoms with Crippen LogP contribution in [0.4, 0.5) is 8.78 Å². The number of para-hydroxylation sites is 2. The van der Waals surface area contributed by atoms with Gasteiger partial charge in [0.05, 0.1) is 21.5 Å². The summed E-state index contributed by atoms with van der Waals surface area (Å²) in [5.74, 6) is -0.918. The number of hydrogen-bond acceptors (Lipinski definition) is 5. The summed E-state index contributed by atoms with van der Waals surface area (Å²) < 4.78 is 60.5. The smallest absolute Gasteiger partial charge is 0.339 e. The number of esters is 1. The molecule has 0 N–H and O–H groups in total. The highest BCUT2D eigenvalue weighted by molar-refractivity contribution is 7.89. The molecule has 0 aliphatic rings. The van der Waals surface area contributed by atoms with Gasteiger partial charge >= 0.3 is 12.5 Å². The van der Waals surface area contributed by atoms with Crippen LogP contribution in [0.15, 0.2) is 47.4 Å². The second kappa shape index (κ2) is 9.33. The number of halogens is 2. The number of ether oxygens (including phenoxy) is 1. The lowest BCUT2D eigenvalue weighted by Crippen LogP contribution is -2.30. The van der Waals surface area contributed by atoms with E-state index in [1.165, 1.54) is 35.5 Å². The Hall–Kier alpha value is -2.85. The van der Waals surface area contributed by atoms with Crippen LogP contribution in [0, 0.1) is 6.92 Å². The monoisotopic (exact) mass is 465 g/mol. The molecule has 32 heavy (non-hydrogen) atoms. The molecule has 0 amide bonds. The van der Waals surface area contributed by atoms with Crippen LogP contribution in [0.25, 0.3) is 11.0 Å². The van der Waals surface area contributed by atoms with Gasteiger partial charge in [0.2, 0.25) is 10.0 Å². The minimum absolute atomic E-state index is 0.0359. The molecule has 0 saturated heterocycles. The zero-order valence-corrected chi connectivity index (χ0v) is 19.1. The summed E-state index contributed by atoms with van der Waals surface area (Å²) >= 11 is 0. The maximum absolute atomic E-state index is 13.7. The number of carbonyl (C=O) groups excluding carboxylic acids is 1. The topological polar surface area (TPSA) is 81.5 Å². The highest BCUT2D eigenvalue weighted by Crippen LogP contribution is 2.29. The normalized spacial score (nSPS) is 13.1. The van der Waals surface area contributed by atoms with Gasteiger partial charge in [-0.05, 0) is 43.7 Å². The first-order valence-electron chi connectivity index (χ1n) is 10.2.